The molecule has 1 aliphatic heterocycles. The number of sulfonamides is 1. The number of nitrogens with zero attached hydrogens (tertiary/aromatic N) is 1. The minimum Gasteiger partial charge on any atom is -0.423 e. The van der Waals surface area contributed by atoms with Crippen molar-refractivity contribution in [1.29, 1.82) is 0 Å². The summed E-state index contributed by atoms with van der Waals surface area (Å²) in [5.41, 5.74) is 0.977. The third-order valence-electron chi connectivity index (χ3n) is 2.67. The van der Waals surface area contributed by atoms with E-state index in [-0.39, 0.29) is 12.3 Å². The van der Waals surface area contributed by atoms with Gasteiger partial charge in [0, 0.05) is 13.1 Å². The van der Waals surface area contributed by atoms with Gasteiger partial charge in [0.2, 0.25) is 10.0 Å². The lowest BCUT2D eigenvalue weighted by Gasteiger charge is -2.30. The van der Waals surface area contributed by atoms with Crippen LogP contribution in [-0.4, -0.2) is 42.2 Å². The number of rotatable bonds is 3. The molecule has 0 amide bonds. The van der Waals surface area contributed by atoms with E-state index in [0.29, 0.717) is 17.6 Å². The summed E-state index contributed by atoms with van der Waals surface area (Å²) in [6, 6.07) is 6.70. The normalized spacial score (nSPS) is 19.1. The van der Waals surface area contributed by atoms with Crippen LogP contribution in [0.3, 0.4) is 0 Å². The third-order valence-corrected chi connectivity index (χ3v) is 4.47. The van der Waals surface area contributed by atoms with Gasteiger partial charge in [0.25, 0.3) is 0 Å². The molecule has 0 aromatic heterocycles. The smallest absolute Gasteiger partial charge is 0.423 e. The van der Waals surface area contributed by atoms with Gasteiger partial charge >= 0.3 is 7.12 Å². The lowest BCUT2D eigenvalue weighted by molar-refractivity contribution is 0.378. The summed E-state index contributed by atoms with van der Waals surface area (Å²) in [5, 5.41) is 18.3. The first-order valence-electron chi connectivity index (χ1n) is 4.92. The van der Waals surface area contributed by atoms with Crippen LogP contribution in [-0.2, 0) is 16.6 Å². The van der Waals surface area contributed by atoms with Crippen molar-refractivity contribution >= 4 is 22.6 Å². The zero-order valence-corrected chi connectivity index (χ0v) is 9.39. The lowest BCUT2D eigenvalue weighted by Crippen LogP contribution is -2.48. The van der Waals surface area contributed by atoms with Gasteiger partial charge in [-0.3, -0.25) is 0 Å². The topological polar surface area (TPSA) is 77.8 Å². The number of hydrogen-bond donors (Lipinski definition) is 2. The van der Waals surface area contributed by atoms with E-state index in [4.69, 9.17) is 10.0 Å². The summed E-state index contributed by atoms with van der Waals surface area (Å²) >= 11 is 0. The molecule has 1 fully saturated rings. The zero-order valence-electron chi connectivity index (χ0n) is 8.57. The van der Waals surface area contributed by atoms with E-state index in [0.717, 1.165) is 0 Å². The van der Waals surface area contributed by atoms with E-state index in [1.807, 2.05) is 0 Å². The third kappa shape index (κ3) is 2.12. The Morgan fingerprint density at radius 2 is 2.00 bits per heavy atom. The van der Waals surface area contributed by atoms with Crippen molar-refractivity contribution in [1.82, 2.24) is 4.31 Å². The van der Waals surface area contributed by atoms with E-state index in [1.54, 1.807) is 24.3 Å². The second kappa shape index (κ2) is 4.17. The van der Waals surface area contributed by atoms with Gasteiger partial charge in [-0.2, -0.15) is 4.31 Å². The molecule has 0 bridgehead atoms. The summed E-state index contributed by atoms with van der Waals surface area (Å²) in [7, 11) is -4.66. The molecule has 0 atom stereocenters. The molecule has 1 aliphatic rings. The molecule has 5 nitrogen and oxygen atoms in total. The first-order chi connectivity index (χ1) is 7.50. The SMILES string of the molecule is O=S1(=O)CCN1Cc1ccccc1B(O)O. The monoisotopic (exact) mass is 241 g/mol. The van der Waals surface area contributed by atoms with Crippen molar-refractivity contribution in [3.8, 4) is 0 Å². The molecule has 0 spiro atoms. The molecular formula is C9H12BNO4S. The highest BCUT2D eigenvalue weighted by Crippen LogP contribution is 2.16. The molecule has 2 rings (SSSR count). The second-order valence-electron chi connectivity index (χ2n) is 3.72. The average Bonchev–Trinajstić information content (AvgIpc) is 2.25. The maximum atomic E-state index is 11.3. The van der Waals surface area contributed by atoms with Crippen LogP contribution >= 0.6 is 0 Å². The minimum atomic E-state index is -3.09. The van der Waals surface area contributed by atoms with Crippen molar-refractivity contribution in [3.63, 3.8) is 0 Å². The zero-order chi connectivity index (χ0) is 11.8. The molecule has 16 heavy (non-hydrogen) atoms. The molecule has 1 saturated heterocycles. The molecule has 1 aromatic carbocycles. The average molecular weight is 241 g/mol. The quantitative estimate of drug-likeness (QED) is 0.632. The van der Waals surface area contributed by atoms with Crippen LogP contribution in [0.25, 0.3) is 0 Å². The van der Waals surface area contributed by atoms with Gasteiger partial charge in [-0.15, -0.1) is 0 Å². The highest BCUT2D eigenvalue weighted by atomic mass is 32.2. The molecule has 0 radical (unpaired) electrons. The van der Waals surface area contributed by atoms with Crippen LogP contribution in [0.1, 0.15) is 5.56 Å². The molecule has 86 valence electrons. The fraction of sp³-hybridized carbons (Fsp3) is 0.333. The van der Waals surface area contributed by atoms with Gasteiger partial charge in [0.1, 0.15) is 0 Å². The van der Waals surface area contributed by atoms with E-state index < -0.39 is 17.1 Å². The lowest BCUT2D eigenvalue weighted by atomic mass is 9.77. The molecule has 1 aromatic rings. The van der Waals surface area contributed by atoms with Crippen LogP contribution < -0.4 is 5.46 Å². The Hall–Kier alpha value is -0.885. The van der Waals surface area contributed by atoms with Gasteiger partial charge in [-0.05, 0) is 11.0 Å². The van der Waals surface area contributed by atoms with Gasteiger partial charge < -0.3 is 10.0 Å². The fourth-order valence-corrected chi connectivity index (χ4v) is 2.74. The van der Waals surface area contributed by atoms with E-state index in [9.17, 15) is 8.42 Å². The van der Waals surface area contributed by atoms with Crippen LogP contribution in [0.4, 0.5) is 0 Å². The summed E-state index contributed by atoms with van der Waals surface area (Å²) in [6.45, 7) is 0.703. The predicted octanol–water partition coefficient (Wildman–Crippen LogP) is -1.49. The van der Waals surface area contributed by atoms with E-state index in [2.05, 4.69) is 0 Å². The Kier molecular flexibility index (Phi) is 3.03. The van der Waals surface area contributed by atoms with Crippen LogP contribution in [0.5, 0.6) is 0 Å². The van der Waals surface area contributed by atoms with Crippen molar-refractivity contribution in [2.45, 2.75) is 6.54 Å². The Bertz CT molecular complexity index is 488. The Morgan fingerprint density at radius 1 is 1.31 bits per heavy atom. The molecule has 0 unspecified atom stereocenters. The Morgan fingerprint density at radius 3 is 2.50 bits per heavy atom. The van der Waals surface area contributed by atoms with Crippen LogP contribution in [0.2, 0.25) is 0 Å². The van der Waals surface area contributed by atoms with Crippen molar-refractivity contribution in [3.05, 3.63) is 29.8 Å². The summed E-state index contributed by atoms with van der Waals surface area (Å²) in [6.07, 6.45) is 0. The molecule has 0 aliphatic carbocycles. The highest BCUT2D eigenvalue weighted by molar-refractivity contribution is 7.90. The van der Waals surface area contributed by atoms with Crippen LogP contribution in [0, 0.1) is 0 Å². The molecular weight excluding hydrogens is 229 g/mol. The molecule has 2 N–H and O–H groups in total. The van der Waals surface area contributed by atoms with Gasteiger partial charge in [-0.25, -0.2) is 8.42 Å². The maximum absolute atomic E-state index is 11.3. The molecule has 7 heteroatoms. The summed E-state index contributed by atoms with van der Waals surface area (Å²) in [4.78, 5) is 0. The predicted molar refractivity (Wildman–Crippen MR) is 60.5 cm³/mol. The Balaban J connectivity index is 2.22. The van der Waals surface area contributed by atoms with Gasteiger partial charge in [0.05, 0.1) is 5.75 Å². The van der Waals surface area contributed by atoms with E-state index >= 15 is 0 Å². The van der Waals surface area contributed by atoms with Crippen molar-refractivity contribution < 1.29 is 18.5 Å². The first-order valence-corrected chi connectivity index (χ1v) is 6.53. The Labute approximate surface area is 94.5 Å². The van der Waals surface area contributed by atoms with E-state index in [1.165, 1.54) is 4.31 Å². The van der Waals surface area contributed by atoms with Gasteiger partial charge in [-0.1, -0.05) is 24.3 Å². The van der Waals surface area contributed by atoms with Crippen LogP contribution in [0.15, 0.2) is 24.3 Å². The first kappa shape index (κ1) is 11.6. The standard InChI is InChI=1S/C9H12BNO4S/c12-10(13)9-4-2-1-3-8(9)7-11-5-6-16(11,14)15/h1-4,12-13H,5-7H2. The summed E-state index contributed by atoms with van der Waals surface area (Å²) < 4.78 is 23.9. The molecule has 0 saturated carbocycles. The second-order valence-corrected chi connectivity index (χ2v) is 5.81. The van der Waals surface area contributed by atoms with Crippen molar-refractivity contribution in [2.24, 2.45) is 0 Å². The maximum Gasteiger partial charge on any atom is 0.488 e. The molecule has 1 heterocycles. The highest BCUT2D eigenvalue weighted by Gasteiger charge is 2.33. The van der Waals surface area contributed by atoms with Gasteiger partial charge in [0.15, 0.2) is 0 Å². The number of hydrogen-bond acceptors (Lipinski definition) is 4. The van der Waals surface area contributed by atoms with Crippen molar-refractivity contribution in [2.75, 3.05) is 12.3 Å². The number of benzene rings is 1. The fourth-order valence-electron chi connectivity index (χ4n) is 1.67. The largest absolute Gasteiger partial charge is 0.488 e. The summed E-state index contributed by atoms with van der Waals surface area (Å²) in [5.74, 6) is 0.177. The minimum absolute atomic E-state index is 0.177.